The van der Waals surface area contributed by atoms with Gasteiger partial charge in [0, 0.05) is 51.4 Å². The Morgan fingerprint density at radius 2 is 1.13 bits per heavy atom. The predicted octanol–water partition coefficient (Wildman–Crippen LogP) is 2.45. The van der Waals surface area contributed by atoms with Crippen molar-refractivity contribution in [2.45, 2.75) is 59.3 Å². The minimum atomic E-state index is -3.71. The van der Waals surface area contributed by atoms with Gasteiger partial charge in [0.05, 0.1) is 39.6 Å². The first-order valence-corrected chi connectivity index (χ1v) is 17.0. The number of hydrogen-bond acceptors (Lipinski definition) is 10. The van der Waals surface area contributed by atoms with Gasteiger partial charge >= 0.3 is 5.97 Å². The highest BCUT2D eigenvalue weighted by atomic mass is 32.2. The van der Waals surface area contributed by atoms with E-state index in [2.05, 4.69) is 0 Å². The van der Waals surface area contributed by atoms with Crippen LogP contribution in [0.15, 0.2) is 24.3 Å². The summed E-state index contributed by atoms with van der Waals surface area (Å²) in [7, 11) is -0.648. The first kappa shape index (κ1) is 35.3. The number of aliphatic carboxylic acids is 1. The molecular weight excluding hydrogens is 634 g/mol. The van der Waals surface area contributed by atoms with Gasteiger partial charge in [0.1, 0.15) is 0 Å². The molecule has 2 atom stereocenters. The highest BCUT2D eigenvalue weighted by Crippen LogP contribution is 2.37. The van der Waals surface area contributed by atoms with Crippen molar-refractivity contribution in [1.29, 1.82) is 0 Å². The van der Waals surface area contributed by atoms with Crippen LogP contribution in [0, 0.1) is 11.8 Å². The molecule has 2 aromatic rings. The van der Waals surface area contributed by atoms with Gasteiger partial charge in [-0.1, -0.05) is 13.8 Å². The number of nitrogens with one attached hydrogen (secondary N) is 1. The Morgan fingerprint density at radius 1 is 0.745 bits per heavy atom. The molecule has 2 aliphatic heterocycles. The topological polar surface area (TPSA) is 178 Å². The molecule has 2 aromatic carbocycles. The summed E-state index contributed by atoms with van der Waals surface area (Å²) < 4.78 is 47.7. The van der Waals surface area contributed by atoms with Gasteiger partial charge in [-0.25, -0.2) is 8.42 Å². The molecule has 2 heterocycles. The van der Waals surface area contributed by atoms with Crippen LogP contribution < -0.4 is 23.7 Å². The zero-order chi connectivity index (χ0) is 34.5. The van der Waals surface area contributed by atoms with E-state index in [1.54, 1.807) is 9.80 Å². The third-order valence-corrected chi connectivity index (χ3v) is 8.61. The minimum Gasteiger partial charge on any atom is -0.493 e. The van der Waals surface area contributed by atoms with Gasteiger partial charge in [-0.3, -0.25) is 23.9 Å². The van der Waals surface area contributed by atoms with Gasteiger partial charge in [0.15, 0.2) is 23.0 Å². The van der Waals surface area contributed by atoms with Gasteiger partial charge in [-0.05, 0) is 46.5 Å². The Labute approximate surface area is 274 Å². The number of methoxy groups -OCH3 is 2. The van der Waals surface area contributed by atoms with E-state index < -0.39 is 33.7 Å². The average molecular weight is 676 g/mol. The largest absolute Gasteiger partial charge is 0.493 e. The average Bonchev–Trinajstić information content (AvgIpc) is 3.62. The van der Waals surface area contributed by atoms with E-state index >= 15 is 0 Å². The highest BCUT2D eigenvalue weighted by Gasteiger charge is 2.30. The van der Waals surface area contributed by atoms with E-state index in [4.69, 9.17) is 24.1 Å². The van der Waals surface area contributed by atoms with Crippen LogP contribution >= 0.6 is 0 Å². The van der Waals surface area contributed by atoms with Crippen molar-refractivity contribution in [2.24, 2.45) is 11.8 Å². The summed E-state index contributed by atoms with van der Waals surface area (Å²) in [6.07, 6.45) is 1.21. The van der Waals surface area contributed by atoms with Crippen LogP contribution in [0.25, 0.3) is 0 Å². The van der Waals surface area contributed by atoms with Crippen molar-refractivity contribution >= 4 is 33.7 Å². The quantitative estimate of drug-likeness (QED) is 0.265. The number of rotatable bonds is 15. The number of nitrogens with zero attached hydrogens (tertiary/aromatic N) is 2. The standard InChI is InChI=1S/C32H41N3O11S/c1-19(31(38)33-47(5,41)42)9-29(36)34-15-21-11-25(43-3)27(13-23(21)17-34)45-7-6-8-46-28-14-24-18-35(16-22(24)12-26(28)44-4)30(37)10-20(2)32(39)40/h11-14,19-20H,6-10,15-18H2,1-5H3,(H,33,38)(H,39,40). The summed E-state index contributed by atoms with van der Waals surface area (Å²) in [5, 5.41) is 9.13. The molecule has 15 heteroatoms. The molecule has 3 amide bonds. The Kier molecular flexibility index (Phi) is 11.2. The van der Waals surface area contributed by atoms with Crippen LogP contribution in [0.2, 0.25) is 0 Å². The van der Waals surface area contributed by atoms with E-state index in [9.17, 15) is 27.6 Å². The van der Waals surface area contributed by atoms with E-state index in [1.807, 2.05) is 29.0 Å². The maximum Gasteiger partial charge on any atom is 0.306 e. The minimum absolute atomic E-state index is 0.0659. The number of carbonyl (C=O) groups excluding carboxylic acids is 3. The number of fused-ring (bicyclic) bond motifs is 2. The molecular formula is C32H41N3O11S. The van der Waals surface area contributed by atoms with Gasteiger partial charge in [-0.15, -0.1) is 0 Å². The van der Waals surface area contributed by atoms with Gasteiger partial charge in [0.25, 0.3) is 0 Å². The zero-order valence-electron chi connectivity index (χ0n) is 27.2. The van der Waals surface area contributed by atoms with Gasteiger partial charge in [0.2, 0.25) is 27.7 Å². The smallest absolute Gasteiger partial charge is 0.306 e. The fourth-order valence-electron chi connectivity index (χ4n) is 5.38. The molecule has 0 saturated heterocycles. The maximum absolute atomic E-state index is 12.9. The lowest BCUT2D eigenvalue weighted by Gasteiger charge is -2.18. The van der Waals surface area contributed by atoms with Crippen LogP contribution in [-0.4, -0.2) is 80.7 Å². The van der Waals surface area contributed by atoms with Crippen molar-refractivity contribution in [1.82, 2.24) is 14.5 Å². The van der Waals surface area contributed by atoms with Crippen LogP contribution in [0.5, 0.6) is 23.0 Å². The Bertz CT molecular complexity index is 1640. The number of benzene rings is 2. The number of carbonyl (C=O) groups is 4. The van der Waals surface area contributed by atoms with Crippen molar-refractivity contribution < 1.29 is 51.6 Å². The molecule has 0 saturated carbocycles. The maximum atomic E-state index is 12.9. The van der Waals surface area contributed by atoms with Crippen LogP contribution in [0.1, 0.15) is 55.4 Å². The zero-order valence-corrected chi connectivity index (χ0v) is 28.0. The summed E-state index contributed by atoms with van der Waals surface area (Å²) in [6, 6.07) is 7.33. The third-order valence-electron chi connectivity index (χ3n) is 8.04. The second kappa shape index (κ2) is 14.9. The number of hydrogen-bond donors (Lipinski definition) is 2. The van der Waals surface area contributed by atoms with E-state index in [1.165, 1.54) is 28.1 Å². The van der Waals surface area contributed by atoms with Gasteiger partial charge in [-0.2, -0.15) is 0 Å². The van der Waals surface area contributed by atoms with Crippen molar-refractivity contribution in [3.8, 4) is 23.0 Å². The summed E-state index contributed by atoms with van der Waals surface area (Å²) >= 11 is 0. The molecule has 2 aliphatic rings. The molecule has 0 bridgehead atoms. The molecule has 47 heavy (non-hydrogen) atoms. The van der Waals surface area contributed by atoms with Crippen molar-refractivity contribution in [3.63, 3.8) is 0 Å². The molecule has 14 nitrogen and oxygen atoms in total. The lowest BCUT2D eigenvalue weighted by Crippen LogP contribution is -2.36. The van der Waals surface area contributed by atoms with Crippen molar-refractivity contribution in [3.05, 3.63) is 46.5 Å². The molecule has 2 unspecified atom stereocenters. The Hall–Kier alpha value is -4.53. The lowest BCUT2D eigenvalue weighted by molar-refractivity contribution is -0.145. The molecule has 2 N–H and O–H groups in total. The first-order valence-electron chi connectivity index (χ1n) is 15.1. The van der Waals surface area contributed by atoms with E-state index in [-0.39, 0.29) is 24.7 Å². The number of carboxylic acid groups (broad SMARTS) is 1. The molecule has 0 spiro atoms. The fraction of sp³-hybridized carbons (Fsp3) is 0.500. The molecule has 4 rings (SSSR count). The van der Waals surface area contributed by atoms with E-state index in [0.29, 0.717) is 68.8 Å². The Balaban J connectivity index is 1.29. The predicted molar refractivity (Wildman–Crippen MR) is 168 cm³/mol. The summed E-state index contributed by atoms with van der Waals surface area (Å²) in [6.45, 7) is 5.02. The number of amides is 3. The molecule has 0 aliphatic carbocycles. The van der Waals surface area contributed by atoms with Crippen LogP contribution in [0.4, 0.5) is 0 Å². The second-order valence-electron chi connectivity index (χ2n) is 11.9. The first-order chi connectivity index (χ1) is 22.2. The second-order valence-corrected chi connectivity index (χ2v) is 13.6. The molecule has 0 aromatic heterocycles. The normalized spacial score (nSPS) is 14.9. The van der Waals surface area contributed by atoms with Crippen molar-refractivity contribution in [2.75, 3.05) is 33.7 Å². The number of ether oxygens (including phenoxy) is 4. The molecule has 256 valence electrons. The third kappa shape index (κ3) is 9.05. The van der Waals surface area contributed by atoms with Crippen LogP contribution in [0.3, 0.4) is 0 Å². The van der Waals surface area contributed by atoms with E-state index in [0.717, 1.165) is 28.5 Å². The fourth-order valence-corrected chi connectivity index (χ4v) is 5.94. The monoisotopic (exact) mass is 675 g/mol. The summed E-state index contributed by atoms with van der Waals surface area (Å²) in [5.74, 6) is -1.71. The lowest BCUT2D eigenvalue weighted by atomic mass is 10.1. The highest BCUT2D eigenvalue weighted by molar-refractivity contribution is 7.89. The summed E-state index contributed by atoms with van der Waals surface area (Å²) in [5.41, 5.74) is 3.60. The molecule has 0 radical (unpaired) electrons. The van der Waals surface area contributed by atoms with Crippen LogP contribution in [-0.2, 0) is 55.4 Å². The Morgan fingerprint density at radius 3 is 1.49 bits per heavy atom. The number of carboxylic acids is 1. The molecule has 0 fully saturated rings. The van der Waals surface area contributed by atoms with Gasteiger partial charge < -0.3 is 33.9 Å². The summed E-state index contributed by atoms with van der Waals surface area (Å²) in [4.78, 5) is 52.0. The number of sulfonamides is 1. The SMILES string of the molecule is COc1cc2c(cc1OCCCOc1cc3c(cc1OC)CN(C(=O)CC(C)C(=O)NS(C)(=O)=O)C3)CN(C(=O)CC(C)C(=O)O)C2.